The van der Waals surface area contributed by atoms with Gasteiger partial charge in [-0.05, 0) is 24.1 Å². The number of halogens is 6. The van der Waals surface area contributed by atoms with Gasteiger partial charge < -0.3 is 10.6 Å². The molecule has 1 aromatic carbocycles. The lowest BCUT2D eigenvalue weighted by molar-refractivity contribution is -0.139. The maximum Gasteiger partial charge on any atom is 0.418 e. The number of carbonyl (C=O) groups is 1. The Bertz CT molecular complexity index is 704. The van der Waals surface area contributed by atoms with Gasteiger partial charge in [-0.25, -0.2) is 0 Å². The summed E-state index contributed by atoms with van der Waals surface area (Å²) in [5.41, 5.74) is 2.49. The van der Waals surface area contributed by atoms with Crippen molar-refractivity contribution in [1.82, 2.24) is 0 Å². The quantitative estimate of drug-likeness (QED) is 0.852. The Morgan fingerprint density at radius 2 is 1.92 bits per heavy atom. The number of amides is 1. The number of fused-ring (bicyclic) bond motifs is 1. The number of nitrogens with two attached hydrogens (primary N) is 1. The minimum absolute atomic E-state index is 0.158. The van der Waals surface area contributed by atoms with E-state index in [1.165, 1.54) is 6.07 Å². The molecule has 1 aliphatic rings. The van der Waals surface area contributed by atoms with Crippen LogP contribution in [0.25, 0.3) is 0 Å². The standard InChI is InChI=1S/C14H11F6N3O/c15-13(16,17)4-8-3-9-10(23(8)6-11(22)24)2-1-7(5-21)12(9)14(18,19)20/h1-2,8H,3-4,6H2,(H2,22,24). The zero-order valence-electron chi connectivity index (χ0n) is 12.0. The van der Waals surface area contributed by atoms with Gasteiger partial charge in [0.2, 0.25) is 5.91 Å². The van der Waals surface area contributed by atoms with Gasteiger partial charge >= 0.3 is 12.4 Å². The maximum atomic E-state index is 13.3. The van der Waals surface area contributed by atoms with Crippen LogP contribution in [0.5, 0.6) is 0 Å². The summed E-state index contributed by atoms with van der Waals surface area (Å²) in [5, 5.41) is 8.86. The maximum absolute atomic E-state index is 13.3. The largest absolute Gasteiger partial charge is 0.418 e. The van der Waals surface area contributed by atoms with Crippen LogP contribution in [-0.4, -0.2) is 24.7 Å². The summed E-state index contributed by atoms with van der Waals surface area (Å²) < 4.78 is 77.9. The Balaban J connectivity index is 2.58. The van der Waals surface area contributed by atoms with Crippen LogP contribution < -0.4 is 10.6 Å². The van der Waals surface area contributed by atoms with E-state index < -0.39 is 60.4 Å². The molecule has 24 heavy (non-hydrogen) atoms. The molecule has 130 valence electrons. The number of carbonyl (C=O) groups excluding carboxylic acids is 1. The van der Waals surface area contributed by atoms with Crippen molar-refractivity contribution in [3.05, 3.63) is 28.8 Å². The molecule has 0 saturated heterocycles. The summed E-state index contributed by atoms with van der Waals surface area (Å²) in [4.78, 5) is 12.0. The summed E-state index contributed by atoms with van der Waals surface area (Å²) >= 11 is 0. The molecule has 0 aromatic heterocycles. The number of nitrogens with zero attached hydrogens (tertiary/aromatic N) is 2. The van der Waals surface area contributed by atoms with E-state index >= 15 is 0 Å². The van der Waals surface area contributed by atoms with Crippen LogP contribution in [0.1, 0.15) is 23.1 Å². The highest BCUT2D eigenvalue weighted by atomic mass is 19.4. The summed E-state index contributed by atoms with van der Waals surface area (Å²) in [6, 6.07) is 2.01. The van der Waals surface area contributed by atoms with Crippen LogP contribution >= 0.6 is 0 Å². The summed E-state index contributed by atoms with van der Waals surface area (Å²) in [7, 11) is 0. The van der Waals surface area contributed by atoms with Gasteiger partial charge in [0, 0.05) is 11.7 Å². The third-order valence-electron chi connectivity index (χ3n) is 3.68. The predicted octanol–water partition coefficient (Wildman–Crippen LogP) is 2.75. The third-order valence-corrected chi connectivity index (χ3v) is 3.68. The monoisotopic (exact) mass is 351 g/mol. The number of benzene rings is 1. The lowest BCUT2D eigenvalue weighted by Gasteiger charge is -2.27. The van der Waals surface area contributed by atoms with Crippen molar-refractivity contribution in [3.8, 4) is 6.07 Å². The average molecular weight is 351 g/mol. The SMILES string of the molecule is N#Cc1ccc2c(c1C(F)(F)F)CC(CC(F)(F)F)N2CC(N)=O. The second-order valence-corrected chi connectivity index (χ2v) is 5.37. The van der Waals surface area contributed by atoms with E-state index in [0.29, 0.717) is 0 Å². The second kappa shape index (κ2) is 5.89. The molecule has 0 aliphatic carbocycles. The molecule has 0 radical (unpaired) electrons. The molecule has 1 amide bonds. The minimum Gasteiger partial charge on any atom is -0.368 e. The summed E-state index contributed by atoms with van der Waals surface area (Å²) in [5.74, 6) is -0.965. The summed E-state index contributed by atoms with van der Waals surface area (Å²) in [6.45, 7) is -0.642. The number of primary amides is 1. The molecule has 2 N–H and O–H groups in total. The van der Waals surface area contributed by atoms with Gasteiger partial charge in [0.05, 0.1) is 30.2 Å². The van der Waals surface area contributed by atoms with Gasteiger partial charge in [0.15, 0.2) is 0 Å². The van der Waals surface area contributed by atoms with E-state index in [2.05, 4.69) is 0 Å². The van der Waals surface area contributed by atoms with Gasteiger partial charge in [0.25, 0.3) is 0 Å². The molecule has 1 heterocycles. The second-order valence-electron chi connectivity index (χ2n) is 5.37. The Morgan fingerprint density at radius 3 is 2.38 bits per heavy atom. The van der Waals surface area contributed by atoms with Crippen LogP contribution in [0.3, 0.4) is 0 Å². The molecule has 1 aromatic rings. The first-order chi connectivity index (χ1) is 10.9. The van der Waals surface area contributed by atoms with Crippen LogP contribution in [0.2, 0.25) is 0 Å². The van der Waals surface area contributed by atoms with Crippen molar-refractivity contribution in [2.45, 2.75) is 31.2 Å². The van der Waals surface area contributed by atoms with Crippen LogP contribution in [0.4, 0.5) is 32.0 Å². The Morgan fingerprint density at radius 1 is 1.29 bits per heavy atom. The van der Waals surface area contributed by atoms with Crippen LogP contribution in [0, 0.1) is 11.3 Å². The van der Waals surface area contributed by atoms with Crippen molar-refractivity contribution >= 4 is 11.6 Å². The van der Waals surface area contributed by atoms with E-state index in [0.717, 1.165) is 17.0 Å². The van der Waals surface area contributed by atoms with E-state index in [4.69, 9.17) is 11.0 Å². The first-order valence-electron chi connectivity index (χ1n) is 6.69. The first kappa shape index (κ1) is 17.9. The van der Waals surface area contributed by atoms with Crippen molar-refractivity contribution in [2.75, 3.05) is 11.4 Å². The molecular formula is C14H11F6N3O. The van der Waals surface area contributed by atoms with Crippen molar-refractivity contribution < 1.29 is 31.1 Å². The highest BCUT2D eigenvalue weighted by molar-refractivity contribution is 5.81. The fourth-order valence-electron chi connectivity index (χ4n) is 2.90. The molecular weight excluding hydrogens is 340 g/mol. The Hall–Kier alpha value is -2.44. The fourth-order valence-corrected chi connectivity index (χ4v) is 2.90. The molecule has 2 rings (SSSR count). The highest BCUT2D eigenvalue weighted by Gasteiger charge is 2.45. The van der Waals surface area contributed by atoms with Gasteiger partial charge in [0.1, 0.15) is 0 Å². The smallest absolute Gasteiger partial charge is 0.368 e. The Kier molecular flexibility index (Phi) is 4.39. The highest BCUT2D eigenvalue weighted by Crippen LogP contribution is 2.45. The molecule has 4 nitrogen and oxygen atoms in total. The zero-order chi connectivity index (χ0) is 18.3. The predicted molar refractivity (Wildman–Crippen MR) is 70.9 cm³/mol. The molecule has 0 fully saturated rings. The van der Waals surface area contributed by atoms with Crippen molar-refractivity contribution in [2.24, 2.45) is 5.73 Å². The molecule has 0 spiro atoms. The van der Waals surface area contributed by atoms with Gasteiger partial charge in [-0.15, -0.1) is 0 Å². The number of hydrogen-bond donors (Lipinski definition) is 1. The van der Waals surface area contributed by atoms with Crippen molar-refractivity contribution in [1.29, 1.82) is 5.26 Å². The number of anilines is 1. The average Bonchev–Trinajstić information content (AvgIpc) is 2.71. The minimum atomic E-state index is -4.90. The van der Waals surface area contributed by atoms with Crippen LogP contribution in [0.15, 0.2) is 12.1 Å². The lowest BCUT2D eigenvalue weighted by atomic mass is 9.97. The topological polar surface area (TPSA) is 70.1 Å². The third kappa shape index (κ3) is 3.55. The molecule has 0 bridgehead atoms. The van der Waals surface area contributed by atoms with Crippen molar-refractivity contribution in [3.63, 3.8) is 0 Å². The number of hydrogen-bond acceptors (Lipinski definition) is 3. The normalized spacial score (nSPS) is 17.5. The molecule has 0 saturated carbocycles. The number of alkyl halides is 6. The molecule has 1 aliphatic heterocycles. The first-order valence-corrected chi connectivity index (χ1v) is 6.69. The summed E-state index contributed by atoms with van der Waals surface area (Å²) in [6.07, 6.45) is -11.5. The fraction of sp³-hybridized carbons (Fsp3) is 0.429. The molecule has 10 heteroatoms. The van der Waals surface area contributed by atoms with Crippen LogP contribution in [-0.2, 0) is 17.4 Å². The number of nitriles is 1. The van der Waals surface area contributed by atoms with E-state index in [9.17, 15) is 31.1 Å². The lowest BCUT2D eigenvalue weighted by Crippen LogP contribution is -2.41. The number of rotatable bonds is 3. The molecule has 1 atom stereocenters. The zero-order valence-corrected chi connectivity index (χ0v) is 12.0. The van der Waals surface area contributed by atoms with Gasteiger partial charge in [-0.1, -0.05) is 0 Å². The van der Waals surface area contributed by atoms with Gasteiger partial charge in [-0.2, -0.15) is 31.6 Å². The van der Waals surface area contributed by atoms with E-state index in [1.807, 2.05) is 0 Å². The van der Waals surface area contributed by atoms with Gasteiger partial charge in [-0.3, -0.25) is 4.79 Å². The molecule has 1 unspecified atom stereocenters. The van der Waals surface area contributed by atoms with E-state index in [-0.39, 0.29) is 5.69 Å². The Labute approximate surface area is 132 Å². The van der Waals surface area contributed by atoms with E-state index in [1.54, 1.807) is 0 Å².